The number of rotatable bonds is 4. The molecule has 25 heavy (non-hydrogen) atoms. The molecule has 1 N–H and O–H groups in total. The van der Waals surface area contributed by atoms with Crippen LogP contribution >= 0.6 is 15.9 Å². The minimum Gasteiger partial charge on any atom is -0.322 e. The summed E-state index contributed by atoms with van der Waals surface area (Å²) < 4.78 is 2.47. The summed E-state index contributed by atoms with van der Waals surface area (Å²) in [6.07, 6.45) is 1.70. The first kappa shape index (κ1) is 17.2. The van der Waals surface area contributed by atoms with Gasteiger partial charge in [-0.25, -0.2) is 0 Å². The number of hydrogen-bond donors (Lipinski definition) is 1. The Hall–Kier alpha value is -2.66. The summed E-state index contributed by atoms with van der Waals surface area (Å²) in [6.45, 7) is 2.44. The average Bonchev–Trinajstić information content (AvgIpc) is 2.59. The molecule has 0 spiro atoms. The highest BCUT2D eigenvalue weighted by molar-refractivity contribution is 9.10. The Balaban J connectivity index is 1.84. The highest BCUT2D eigenvalue weighted by atomic mass is 79.9. The van der Waals surface area contributed by atoms with Gasteiger partial charge >= 0.3 is 0 Å². The summed E-state index contributed by atoms with van der Waals surface area (Å²) in [5.74, 6) is -0.411. The third-order valence-corrected chi connectivity index (χ3v) is 4.33. The van der Waals surface area contributed by atoms with Crippen LogP contribution in [0.15, 0.2) is 76.1 Å². The van der Waals surface area contributed by atoms with Crippen molar-refractivity contribution in [2.45, 2.75) is 13.5 Å². The summed E-state index contributed by atoms with van der Waals surface area (Å²) >= 11 is 3.35. The van der Waals surface area contributed by atoms with E-state index in [0.717, 1.165) is 15.6 Å². The van der Waals surface area contributed by atoms with Gasteiger partial charge in [-0.2, -0.15) is 0 Å². The molecule has 126 valence electrons. The van der Waals surface area contributed by atoms with Gasteiger partial charge in [0.2, 0.25) is 0 Å². The first-order valence-electron chi connectivity index (χ1n) is 7.85. The minimum atomic E-state index is -0.411. The zero-order valence-electron chi connectivity index (χ0n) is 13.7. The molecule has 0 aliphatic heterocycles. The van der Waals surface area contributed by atoms with E-state index in [-0.39, 0.29) is 11.1 Å². The second-order valence-corrected chi connectivity index (χ2v) is 6.72. The Bertz CT molecular complexity index is 962. The smallest absolute Gasteiger partial charge is 0.263 e. The molecule has 3 rings (SSSR count). The molecule has 5 heteroatoms. The molecule has 0 saturated carbocycles. The quantitative estimate of drug-likeness (QED) is 0.717. The molecule has 4 nitrogen and oxygen atoms in total. The molecule has 0 aliphatic carbocycles. The number of aryl methyl sites for hydroxylation is 1. The highest BCUT2D eigenvalue weighted by Crippen LogP contribution is 2.14. The standard InChI is InChI=1S/C20H17BrN2O2/c1-14-4-2-5-15(12-14)13-23-11-3-6-18(20(23)25)19(24)22-17-9-7-16(21)8-10-17/h2-12H,13H2,1H3,(H,22,24). The van der Waals surface area contributed by atoms with Crippen LogP contribution in [0.5, 0.6) is 0 Å². The molecule has 0 aliphatic rings. The zero-order chi connectivity index (χ0) is 17.8. The molecule has 1 heterocycles. The Labute approximate surface area is 154 Å². The van der Waals surface area contributed by atoms with Crippen LogP contribution in [0, 0.1) is 6.92 Å². The van der Waals surface area contributed by atoms with E-state index in [1.54, 1.807) is 35.0 Å². The van der Waals surface area contributed by atoms with Crippen molar-refractivity contribution in [2.24, 2.45) is 0 Å². The monoisotopic (exact) mass is 396 g/mol. The number of aromatic nitrogens is 1. The van der Waals surface area contributed by atoms with E-state index in [4.69, 9.17) is 0 Å². The van der Waals surface area contributed by atoms with Gasteiger partial charge in [-0.05, 0) is 48.9 Å². The normalized spacial score (nSPS) is 10.5. The van der Waals surface area contributed by atoms with E-state index in [0.29, 0.717) is 12.2 Å². The Morgan fingerprint density at radius 2 is 1.84 bits per heavy atom. The SMILES string of the molecule is Cc1cccc(Cn2cccc(C(=O)Nc3ccc(Br)cc3)c2=O)c1. The van der Waals surface area contributed by atoms with Crippen molar-refractivity contribution in [3.63, 3.8) is 0 Å². The van der Waals surface area contributed by atoms with Gasteiger partial charge in [0.25, 0.3) is 11.5 Å². The van der Waals surface area contributed by atoms with Gasteiger partial charge < -0.3 is 9.88 Å². The van der Waals surface area contributed by atoms with Crippen molar-refractivity contribution in [1.82, 2.24) is 4.57 Å². The number of carbonyl (C=O) groups is 1. The van der Waals surface area contributed by atoms with Crippen LogP contribution in [0.1, 0.15) is 21.5 Å². The van der Waals surface area contributed by atoms with Gasteiger partial charge in [0.1, 0.15) is 5.56 Å². The molecule has 0 fully saturated rings. The number of nitrogens with zero attached hydrogens (tertiary/aromatic N) is 1. The van der Waals surface area contributed by atoms with Gasteiger partial charge in [-0.1, -0.05) is 45.8 Å². The molecule has 1 aromatic heterocycles. The largest absolute Gasteiger partial charge is 0.322 e. The number of halogens is 1. The van der Waals surface area contributed by atoms with E-state index in [1.165, 1.54) is 0 Å². The minimum absolute atomic E-state index is 0.123. The lowest BCUT2D eigenvalue weighted by Crippen LogP contribution is -2.29. The van der Waals surface area contributed by atoms with Gasteiger partial charge in [0.15, 0.2) is 0 Å². The Morgan fingerprint density at radius 1 is 1.08 bits per heavy atom. The Kier molecular flexibility index (Phi) is 5.14. The molecular formula is C20H17BrN2O2. The zero-order valence-corrected chi connectivity index (χ0v) is 15.3. The predicted molar refractivity (Wildman–Crippen MR) is 103 cm³/mol. The van der Waals surface area contributed by atoms with Crippen LogP contribution in [0.25, 0.3) is 0 Å². The third-order valence-electron chi connectivity index (χ3n) is 3.80. The molecule has 3 aromatic rings. The maximum Gasteiger partial charge on any atom is 0.263 e. The van der Waals surface area contributed by atoms with E-state index in [9.17, 15) is 9.59 Å². The van der Waals surface area contributed by atoms with Gasteiger partial charge in [0, 0.05) is 16.4 Å². The fraction of sp³-hybridized carbons (Fsp3) is 0.100. The van der Waals surface area contributed by atoms with Crippen LogP contribution in [0.2, 0.25) is 0 Å². The fourth-order valence-electron chi connectivity index (χ4n) is 2.57. The number of benzene rings is 2. The van der Waals surface area contributed by atoms with Crippen molar-refractivity contribution in [2.75, 3.05) is 5.32 Å². The van der Waals surface area contributed by atoms with Crippen LogP contribution in [0.4, 0.5) is 5.69 Å². The summed E-state index contributed by atoms with van der Waals surface area (Å²) in [6, 6.07) is 18.4. The lowest BCUT2D eigenvalue weighted by Gasteiger charge is -2.09. The lowest BCUT2D eigenvalue weighted by atomic mass is 10.1. The average molecular weight is 397 g/mol. The Morgan fingerprint density at radius 3 is 2.56 bits per heavy atom. The van der Waals surface area contributed by atoms with Crippen molar-refractivity contribution >= 4 is 27.5 Å². The molecule has 0 unspecified atom stereocenters. The maximum atomic E-state index is 12.6. The second kappa shape index (κ2) is 7.49. The molecule has 0 saturated heterocycles. The van der Waals surface area contributed by atoms with Gasteiger partial charge in [-0.15, -0.1) is 0 Å². The number of carbonyl (C=O) groups excluding carboxylic acids is 1. The van der Waals surface area contributed by atoms with E-state index < -0.39 is 5.91 Å². The van der Waals surface area contributed by atoms with Crippen LogP contribution < -0.4 is 10.9 Å². The van der Waals surface area contributed by atoms with E-state index >= 15 is 0 Å². The first-order chi connectivity index (χ1) is 12.0. The van der Waals surface area contributed by atoms with E-state index in [1.807, 2.05) is 43.3 Å². The second-order valence-electron chi connectivity index (χ2n) is 5.80. The van der Waals surface area contributed by atoms with Crippen molar-refractivity contribution in [1.29, 1.82) is 0 Å². The van der Waals surface area contributed by atoms with Gasteiger partial charge in [-0.3, -0.25) is 9.59 Å². The number of pyridine rings is 1. The molecule has 0 radical (unpaired) electrons. The fourth-order valence-corrected chi connectivity index (χ4v) is 2.84. The van der Waals surface area contributed by atoms with Gasteiger partial charge in [0.05, 0.1) is 6.54 Å². The summed E-state index contributed by atoms with van der Waals surface area (Å²) in [5, 5.41) is 2.75. The van der Waals surface area contributed by atoms with Crippen LogP contribution in [-0.4, -0.2) is 10.5 Å². The van der Waals surface area contributed by atoms with Crippen molar-refractivity contribution in [3.8, 4) is 0 Å². The molecule has 0 bridgehead atoms. The number of nitrogens with one attached hydrogen (secondary N) is 1. The number of amides is 1. The lowest BCUT2D eigenvalue weighted by molar-refractivity contribution is 0.102. The van der Waals surface area contributed by atoms with Crippen LogP contribution in [-0.2, 0) is 6.54 Å². The summed E-state index contributed by atoms with van der Waals surface area (Å²) in [7, 11) is 0. The molecule has 1 amide bonds. The summed E-state index contributed by atoms with van der Waals surface area (Å²) in [4.78, 5) is 25.1. The van der Waals surface area contributed by atoms with Crippen molar-refractivity contribution < 1.29 is 4.79 Å². The topological polar surface area (TPSA) is 51.1 Å². The third kappa shape index (κ3) is 4.25. The molecular weight excluding hydrogens is 380 g/mol. The molecule has 2 aromatic carbocycles. The first-order valence-corrected chi connectivity index (χ1v) is 8.64. The summed E-state index contributed by atoms with van der Waals surface area (Å²) in [5.41, 5.74) is 2.61. The highest BCUT2D eigenvalue weighted by Gasteiger charge is 2.12. The van der Waals surface area contributed by atoms with Crippen LogP contribution in [0.3, 0.4) is 0 Å². The maximum absolute atomic E-state index is 12.6. The number of hydrogen-bond acceptors (Lipinski definition) is 2. The van der Waals surface area contributed by atoms with E-state index in [2.05, 4.69) is 21.2 Å². The van der Waals surface area contributed by atoms with Crippen molar-refractivity contribution in [3.05, 3.63) is 98.4 Å². The molecule has 0 atom stereocenters. The number of anilines is 1. The predicted octanol–water partition coefficient (Wildman–Crippen LogP) is 4.22.